The maximum Gasteiger partial charge on any atom is 0.269 e. The lowest BCUT2D eigenvalue weighted by Crippen LogP contribution is -2.49. The zero-order chi connectivity index (χ0) is 26.6. The van der Waals surface area contributed by atoms with E-state index in [9.17, 15) is 14.4 Å². The van der Waals surface area contributed by atoms with Crippen LogP contribution in [-0.2, 0) is 29.0 Å². The van der Waals surface area contributed by atoms with Crippen LogP contribution in [0.2, 0.25) is 0 Å². The third kappa shape index (κ3) is 4.82. The van der Waals surface area contributed by atoms with Gasteiger partial charge in [0, 0.05) is 42.7 Å². The van der Waals surface area contributed by atoms with Gasteiger partial charge in [0.05, 0.1) is 5.52 Å². The monoisotopic (exact) mass is 555 g/mol. The third-order valence-electron chi connectivity index (χ3n) is 7.76. The first-order valence-corrected chi connectivity index (χ1v) is 13.5. The molecule has 10 nitrogen and oxygen atoms in total. The summed E-state index contributed by atoms with van der Waals surface area (Å²) in [5.41, 5.74) is 7.35. The average Bonchev–Trinajstić information content (AvgIpc) is 3.69. The standard InChI is InChI=1S/C26H27Cl2N7O3/c27-26(28)11-16(26)12-32-25(38)20-10-15-9-19(15)35(20)22(36)13-34-18-4-2-14(3-5-21-30-6-1-7-31-21)8-17(18)23(33-34)24(29)37/h1-2,4,6-8,15-16,19-20H,3,5,9-13H2,(H2,29,37)(H,32,38)/t15-,16-,19-,20+/m1/s1. The van der Waals surface area contributed by atoms with Crippen molar-refractivity contribution in [1.82, 2.24) is 30.0 Å². The van der Waals surface area contributed by atoms with E-state index in [0.717, 1.165) is 17.8 Å². The highest BCUT2D eigenvalue weighted by atomic mass is 35.5. The molecule has 3 N–H and O–H groups in total. The SMILES string of the molecule is NC(=O)c1nn(CC(=O)N2[C@@H]3C[C@@H]3C[C@H]2C(=O)NC[C@H]2CC2(Cl)Cl)c2ccc(CCc3ncccn3)cc12. The number of nitrogens with zero attached hydrogens (tertiary/aromatic N) is 5. The average molecular weight is 556 g/mol. The molecule has 0 spiro atoms. The molecule has 0 radical (unpaired) electrons. The van der Waals surface area contributed by atoms with Gasteiger partial charge in [-0.05, 0) is 55.4 Å². The van der Waals surface area contributed by atoms with E-state index in [-0.39, 0.29) is 36.0 Å². The fourth-order valence-electron chi connectivity index (χ4n) is 5.49. The highest BCUT2D eigenvalue weighted by Crippen LogP contribution is 2.53. The summed E-state index contributed by atoms with van der Waals surface area (Å²) in [6.07, 6.45) is 6.90. The number of hydrogen-bond acceptors (Lipinski definition) is 6. The third-order valence-corrected chi connectivity index (χ3v) is 8.69. The first kappa shape index (κ1) is 25.1. The molecule has 3 fully saturated rings. The summed E-state index contributed by atoms with van der Waals surface area (Å²) < 4.78 is 0.737. The van der Waals surface area contributed by atoms with Crippen LogP contribution in [0.15, 0.2) is 36.7 Å². The van der Waals surface area contributed by atoms with E-state index in [1.807, 2.05) is 18.2 Å². The van der Waals surface area contributed by atoms with E-state index in [1.165, 1.54) is 4.68 Å². The van der Waals surface area contributed by atoms with Crippen LogP contribution in [0.5, 0.6) is 0 Å². The lowest BCUT2D eigenvalue weighted by atomic mass is 10.1. The molecule has 6 rings (SSSR count). The van der Waals surface area contributed by atoms with Gasteiger partial charge in [0.25, 0.3) is 5.91 Å². The first-order chi connectivity index (χ1) is 18.2. The first-order valence-electron chi connectivity index (χ1n) is 12.7. The van der Waals surface area contributed by atoms with Crippen molar-refractivity contribution in [2.24, 2.45) is 17.6 Å². The van der Waals surface area contributed by atoms with Crippen molar-refractivity contribution in [2.45, 2.75) is 55.1 Å². The van der Waals surface area contributed by atoms with Crippen LogP contribution >= 0.6 is 23.2 Å². The molecule has 0 bridgehead atoms. The Kier molecular flexibility index (Phi) is 6.26. The Morgan fingerprint density at radius 3 is 2.61 bits per heavy atom. The zero-order valence-corrected chi connectivity index (χ0v) is 22.0. The van der Waals surface area contributed by atoms with Crippen molar-refractivity contribution in [3.05, 3.63) is 53.7 Å². The maximum absolute atomic E-state index is 13.5. The van der Waals surface area contributed by atoms with Gasteiger partial charge in [0.15, 0.2) is 5.69 Å². The van der Waals surface area contributed by atoms with Gasteiger partial charge < -0.3 is 16.0 Å². The number of carbonyl (C=O) groups is 3. The van der Waals surface area contributed by atoms with Crippen LogP contribution in [0.3, 0.4) is 0 Å². The molecule has 3 heterocycles. The number of aryl methyl sites for hydroxylation is 2. The number of likely N-dealkylation sites (tertiary alicyclic amines) is 1. The summed E-state index contributed by atoms with van der Waals surface area (Å²) in [6, 6.07) is 6.95. The maximum atomic E-state index is 13.5. The Morgan fingerprint density at radius 2 is 1.89 bits per heavy atom. The van der Waals surface area contributed by atoms with Crippen molar-refractivity contribution in [3.8, 4) is 0 Å². The number of benzene rings is 1. The lowest BCUT2D eigenvalue weighted by Gasteiger charge is -2.27. The van der Waals surface area contributed by atoms with Gasteiger partial charge in [-0.1, -0.05) is 6.07 Å². The molecule has 0 unspecified atom stereocenters. The van der Waals surface area contributed by atoms with Crippen molar-refractivity contribution < 1.29 is 14.4 Å². The van der Waals surface area contributed by atoms with Crippen molar-refractivity contribution >= 4 is 51.8 Å². The summed E-state index contributed by atoms with van der Waals surface area (Å²) in [5.74, 6) is 0.0340. The number of nitrogens with one attached hydrogen (secondary N) is 1. The summed E-state index contributed by atoms with van der Waals surface area (Å²) in [4.78, 5) is 48.8. The van der Waals surface area contributed by atoms with E-state index >= 15 is 0 Å². The van der Waals surface area contributed by atoms with E-state index < -0.39 is 16.3 Å². The van der Waals surface area contributed by atoms with Gasteiger partial charge >= 0.3 is 0 Å². The number of alkyl halides is 2. The number of rotatable bonds is 9. The second-order valence-corrected chi connectivity index (χ2v) is 12.0. The van der Waals surface area contributed by atoms with Crippen molar-refractivity contribution in [3.63, 3.8) is 0 Å². The van der Waals surface area contributed by atoms with Crippen LogP contribution in [-0.4, -0.2) is 65.3 Å². The molecular formula is C26H27Cl2N7O3. The Hall–Kier alpha value is -3.24. The number of nitrogens with two attached hydrogens (primary N) is 1. The van der Waals surface area contributed by atoms with Crippen LogP contribution in [0.25, 0.3) is 10.9 Å². The number of aromatic nitrogens is 4. The molecule has 2 saturated carbocycles. The number of hydrogen-bond donors (Lipinski definition) is 2. The number of halogens is 2. The zero-order valence-electron chi connectivity index (χ0n) is 20.5. The van der Waals surface area contributed by atoms with Crippen LogP contribution in [0.4, 0.5) is 0 Å². The Labute approximate surface area is 228 Å². The van der Waals surface area contributed by atoms with E-state index in [1.54, 1.807) is 23.4 Å². The minimum absolute atomic E-state index is 0.0302. The second-order valence-electron chi connectivity index (χ2n) is 10.4. The predicted molar refractivity (Wildman–Crippen MR) is 140 cm³/mol. The quantitative estimate of drug-likeness (QED) is 0.387. The van der Waals surface area contributed by atoms with E-state index in [0.29, 0.717) is 49.0 Å². The molecular weight excluding hydrogens is 529 g/mol. The Balaban J connectivity index is 1.18. The molecule has 3 amide bonds. The molecule has 2 aromatic heterocycles. The summed E-state index contributed by atoms with van der Waals surface area (Å²) in [5, 5.41) is 7.90. The Bertz CT molecular complexity index is 1430. The number of fused-ring (bicyclic) bond motifs is 2. The molecule has 198 valence electrons. The van der Waals surface area contributed by atoms with Crippen LogP contribution in [0.1, 0.15) is 41.1 Å². The van der Waals surface area contributed by atoms with Crippen LogP contribution < -0.4 is 11.1 Å². The van der Waals surface area contributed by atoms with Gasteiger partial charge in [-0.2, -0.15) is 5.10 Å². The van der Waals surface area contributed by atoms with Gasteiger partial charge in [-0.15, -0.1) is 23.2 Å². The molecule has 3 aliphatic rings. The fourth-order valence-corrected chi connectivity index (χ4v) is 6.02. The molecule has 38 heavy (non-hydrogen) atoms. The van der Waals surface area contributed by atoms with Crippen molar-refractivity contribution in [1.29, 1.82) is 0 Å². The molecule has 12 heteroatoms. The number of amides is 3. The lowest BCUT2D eigenvalue weighted by molar-refractivity contribution is -0.140. The predicted octanol–water partition coefficient (Wildman–Crippen LogP) is 2.01. The molecule has 1 aliphatic heterocycles. The molecule has 4 atom stereocenters. The number of piperidine rings is 1. The minimum atomic E-state index is -0.769. The molecule has 2 aliphatic carbocycles. The van der Waals surface area contributed by atoms with Gasteiger partial charge in [0.2, 0.25) is 11.8 Å². The topological polar surface area (TPSA) is 136 Å². The Morgan fingerprint density at radius 1 is 1.13 bits per heavy atom. The normalized spacial score (nSPS) is 24.7. The van der Waals surface area contributed by atoms with E-state index in [4.69, 9.17) is 28.9 Å². The number of carbonyl (C=O) groups excluding carboxylic acids is 3. The fraction of sp³-hybridized carbons (Fsp3) is 0.462. The largest absolute Gasteiger partial charge is 0.364 e. The van der Waals surface area contributed by atoms with Gasteiger partial charge in [0.1, 0.15) is 22.7 Å². The minimum Gasteiger partial charge on any atom is -0.364 e. The summed E-state index contributed by atoms with van der Waals surface area (Å²) in [7, 11) is 0. The highest BCUT2D eigenvalue weighted by molar-refractivity contribution is 6.50. The van der Waals surface area contributed by atoms with E-state index in [2.05, 4.69) is 20.4 Å². The molecule has 1 saturated heterocycles. The summed E-state index contributed by atoms with van der Waals surface area (Å²) in [6.45, 7) is 0.299. The molecule has 3 aromatic rings. The van der Waals surface area contributed by atoms with Gasteiger partial charge in [-0.3, -0.25) is 19.1 Å². The summed E-state index contributed by atoms with van der Waals surface area (Å²) >= 11 is 12.2. The van der Waals surface area contributed by atoms with Gasteiger partial charge in [-0.25, -0.2) is 9.97 Å². The van der Waals surface area contributed by atoms with Crippen LogP contribution in [0, 0.1) is 11.8 Å². The number of primary amides is 1. The highest BCUT2D eigenvalue weighted by Gasteiger charge is 2.56. The smallest absolute Gasteiger partial charge is 0.269 e. The second kappa shape index (κ2) is 9.50. The molecule has 1 aromatic carbocycles. The van der Waals surface area contributed by atoms with Crippen molar-refractivity contribution in [2.75, 3.05) is 6.54 Å².